The number of halogens is 1. The Morgan fingerprint density at radius 2 is 2.41 bits per heavy atom. The van der Waals surface area contributed by atoms with E-state index in [0.29, 0.717) is 6.04 Å². The predicted octanol–water partition coefficient (Wildman–Crippen LogP) is 2.12. The Kier molecular flexibility index (Phi) is 4.83. The van der Waals surface area contributed by atoms with E-state index in [1.165, 1.54) is 13.0 Å². The average Bonchev–Trinajstić information content (AvgIpc) is 2.71. The highest BCUT2D eigenvalue weighted by Crippen LogP contribution is 2.17. The van der Waals surface area contributed by atoms with Gasteiger partial charge < -0.3 is 15.0 Å². The van der Waals surface area contributed by atoms with E-state index in [4.69, 9.17) is 4.74 Å². The van der Waals surface area contributed by atoms with Crippen LogP contribution in [0.3, 0.4) is 0 Å². The second-order valence-corrected chi connectivity index (χ2v) is 5.42. The van der Waals surface area contributed by atoms with Crippen LogP contribution in [-0.4, -0.2) is 44.2 Å². The normalized spacial score (nSPS) is 20.7. The van der Waals surface area contributed by atoms with Gasteiger partial charge in [-0.2, -0.15) is 0 Å². The van der Waals surface area contributed by atoms with E-state index in [1.807, 2.05) is 24.3 Å². The van der Waals surface area contributed by atoms with Crippen LogP contribution in [0.2, 0.25) is 0 Å². The van der Waals surface area contributed by atoms with Gasteiger partial charge in [0.05, 0.1) is 0 Å². The van der Waals surface area contributed by atoms with Gasteiger partial charge >= 0.3 is 0 Å². The minimum atomic E-state index is 0.631. The molecule has 1 unspecified atom stereocenters. The number of likely N-dealkylation sites (tertiary alicyclic amines) is 1. The first-order valence-electron chi connectivity index (χ1n) is 6.04. The standard InChI is InChI=1S/C13H19BrN2O/c1-16-7-5-12(10-16)15-6-8-17-13-4-2-3-11(14)9-13/h2-4,9,12,15H,5-8,10H2,1H3. The number of ether oxygens (including phenoxy) is 1. The molecule has 3 nitrogen and oxygen atoms in total. The molecule has 1 atom stereocenters. The molecule has 0 radical (unpaired) electrons. The monoisotopic (exact) mass is 298 g/mol. The fourth-order valence-electron chi connectivity index (χ4n) is 2.09. The maximum atomic E-state index is 5.67. The Hall–Kier alpha value is -0.580. The van der Waals surface area contributed by atoms with Crippen molar-refractivity contribution in [2.75, 3.05) is 33.3 Å². The third-order valence-corrected chi connectivity index (χ3v) is 3.48. The van der Waals surface area contributed by atoms with Gasteiger partial charge in [0.25, 0.3) is 0 Å². The molecule has 0 aliphatic carbocycles. The van der Waals surface area contributed by atoms with Crippen molar-refractivity contribution in [2.24, 2.45) is 0 Å². The smallest absolute Gasteiger partial charge is 0.120 e. The third-order valence-electron chi connectivity index (χ3n) is 2.99. The van der Waals surface area contributed by atoms with Crippen LogP contribution >= 0.6 is 15.9 Å². The summed E-state index contributed by atoms with van der Waals surface area (Å²) in [4.78, 5) is 2.35. The summed E-state index contributed by atoms with van der Waals surface area (Å²) in [6.07, 6.45) is 1.24. The van der Waals surface area contributed by atoms with Crippen molar-refractivity contribution in [1.29, 1.82) is 0 Å². The van der Waals surface area contributed by atoms with Crippen molar-refractivity contribution < 1.29 is 4.74 Å². The molecule has 0 aromatic heterocycles. The van der Waals surface area contributed by atoms with Crippen LogP contribution in [-0.2, 0) is 0 Å². The molecule has 1 N–H and O–H groups in total. The summed E-state index contributed by atoms with van der Waals surface area (Å²) in [5, 5.41) is 3.52. The van der Waals surface area contributed by atoms with Gasteiger partial charge in [0.2, 0.25) is 0 Å². The number of nitrogens with one attached hydrogen (secondary N) is 1. The molecule has 1 aliphatic heterocycles. The van der Waals surface area contributed by atoms with E-state index in [0.717, 1.165) is 29.9 Å². The fraction of sp³-hybridized carbons (Fsp3) is 0.538. The van der Waals surface area contributed by atoms with Gasteiger partial charge in [0.1, 0.15) is 12.4 Å². The Morgan fingerprint density at radius 3 is 3.12 bits per heavy atom. The quantitative estimate of drug-likeness (QED) is 0.843. The van der Waals surface area contributed by atoms with E-state index in [-0.39, 0.29) is 0 Å². The van der Waals surface area contributed by atoms with E-state index in [9.17, 15) is 0 Å². The zero-order chi connectivity index (χ0) is 12.1. The van der Waals surface area contributed by atoms with Gasteiger partial charge in [-0.25, -0.2) is 0 Å². The average molecular weight is 299 g/mol. The van der Waals surface area contributed by atoms with Crippen LogP contribution < -0.4 is 10.1 Å². The number of rotatable bonds is 5. The van der Waals surface area contributed by atoms with E-state index in [2.05, 4.69) is 33.2 Å². The second-order valence-electron chi connectivity index (χ2n) is 4.51. The van der Waals surface area contributed by atoms with Crippen LogP contribution in [0.25, 0.3) is 0 Å². The lowest BCUT2D eigenvalue weighted by molar-refractivity contribution is 0.303. The Morgan fingerprint density at radius 1 is 1.53 bits per heavy atom. The van der Waals surface area contributed by atoms with Crippen molar-refractivity contribution in [3.05, 3.63) is 28.7 Å². The Bertz CT molecular complexity index is 359. The zero-order valence-electron chi connectivity index (χ0n) is 10.2. The zero-order valence-corrected chi connectivity index (χ0v) is 11.7. The molecule has 1 saturated heterocycles. The van der Waals surface area contributed by atoms with Crippen molar-refractivity contribution in [1.82, 2.24) is 10.2 Å². The second kappa shape index (κ2) is 6.38. The van der Waals surface area contributed by atoms with Gasteiger partial charge in [-0.3, -0.25) is 0 Å². The Labute approximate surface area is 111 Å². The van der Waals surface area contributed by atoms with E-state index >= 15 is 0 Å². The van der Waals surface area contributed by atoms with Crippen molar-refractivity contribution >= 4 is 15.9 Å². The lowest BCUT2D eigenvalue weighted by Gasteiger charge is -2.13. The van der Waals surface area contributed by atoms with Gasteiger partial charge in [0.15, 0.2) is 0 Å². The molecule has 1 aromatic carbocycles. The summed E-state index contributed by atoms with van der Waals surface area (Å²) in [5.74, 6) is 0.921. The van der Waals surface area contributed by atoms with Gasteiger partial charge in [-0.1, -0.05) is 22.0 Å². The summed E-state index contributed by atoms with van der Waals surface area (Å²) in [6.45, 7) is 3.97. The number of hydrogen-bond acceptors (Lipinski definition) is 3. The molecular formula is C13H19BrN2O. The molecule has 0 bridgehead atoms. The maximum Gasteiger partial charge on any atom is 0.120 e. The van der Waals surface area contributed by atoms with Crippen LogP contribution in [0, 0.1) is 0 Å². The van der Waals surface area contributed by atoms with Crippen molar-refractivity contribution in [3.63, 3.8) is 0 Å². The Balaban J connectivity index is 1.63. The first-order valence-corrected chi connectivity index (χ1v) is 6.83. The number of likely N-dealkylation sites (N-methyl/N-ethyl adjacent to an activating group) is 1. The number of benzene rings is 1. The topological polar surface area (TPSA) is 24.5 Å². The third kappa shape index (κ3) is 4.30. The highest BCUT2D eigenvalue weighted by Gasteiger charge is 2.17. The molecule has 1 heterocycles. The van der Waals surface area contributed by atoms with Crippen LogP contribution in [0.15, 0.2) is 28.7 Å². The van der Waals surface area contributed by atoms with E-state index < -0.39 is 0 Å². The molecule has 4 heteroatoms. The van der Waals surface area contributed by atoms with E-state index in [1.54, 1.807) is 0 Å². The minimum Gasteiger partial charge on any atom is -0.492 e. The highest BCUT2D eigenvalue weighted by atomic mass is 79.9. The molecule has 0 amide bonds. The summed E-state index contributed by atoms with van der Waals surface area (Å²) in [7, 11) is 2.17. The molecule has 1 aliphatic rings. The summed E-state index contributed by atoms with van der Waals surface area (Å²) < 4.78 is 6.72. The number of nitrogens with zero attached hydrogens (tertiary/aromatic N) is 1. The first kappa shape index (κ1) is 12.9. The summed E-state index contributed by atoms with van der Waals surface area (Å²) >= 11 is 3.43. The molecule has 94 valence electrons. The van der Waals surface area contributed by atoms with Crippen LogP contribution in [0.4, 0.5) is 0 Å². The molecular weight excluding hydrogens is 280 g/mol. The van der Waals surface area contributed by atoms with Crippen molar-refractivity contribution in [3.8, 4) is 5.75 Å². The molecule has 0 spiro atoms. The SMILES string of the molecule is CN1CCC(NCCOc2cccc(Br)c2)C1. The molecule has 2 rings (SSSR count). The lowest BCUT2D eigenvalue weighted by Crippen LogP contribution is -2.34. The highest BCUT2D eigenvalue weighted by molar-refractivity contribution is 9.10. The van der Waals surface area contributed by atoms with Gasteiger partial charge in [-0.05, 0) is 38.2 Å². The molecule has 1 fully saturated rings. The largest absolute Gasteiger partial charge is 0.492 e. The van der Waals surface area contributed by atoms with Crippen LogP contribution in [0.1, 0.15) is 6.42 Å². The summed E-state index contributed by atoms with van der Waals surface area (Å²) in [5.41, 5.74) is 0. The minimum absolute atomic E-state index is 0.631. The first-order chi connectivity index (χ1) is 8.24. The van der Waals surface area contributed by atoms with Gasteiger partial charge in [0, 0.05) is 23.6 Å². The van der Waals surface area contributed by atoms with Gasteiger partial charge in [-0.15, -0.1) is 0 Å². The van der Waals surface area contributed by atoms with Crippen molar-refractivity contribution in [2.45, 2.75) is 12.5 Å². The molecule has 0 saturated carbocycles. The van der Waals surface area contributed by atoms with Crippen LogP contribution in [0.5, 0.6) is 5.75 Å². The summed E-state index contributed by atoms with van der Waals surface area (Å²) in [6, 6.07) is 8.58. The number of hydrogen-bond donors (Lipinski definition) is 1. The molecule has 17 heavy (non-hydrogen) atoms. The fourth-order valence-corrected chi connectivity index (χ4v) is 2.47. The molecule has 1 aromatic rings. The lowest BCUT2D eigenvalue weighted by atomic mass is 10.3. The maximum absolute atomic E-state index is 5.67. The predicted molar refractivity (Wildman–Crippen MR) is 73.5 cm³/mol.